The summed E-state index contributed by atoms with van der Waals surface area (Å²) < 4.78 is 8.54. The molecule has 1 heterocycles. The number of nitrogens with zero attached hydrogens (tertiary/aromatic N) is 1. The number of rotatable bonds is 3. The normalized spacial score (nSPS) is 19.0. The molecule has 0 N–H and O–H groups in total. The highest BCUT2D eigenvalue weighted by Crippen LogP contribution is 2.38. The van der Waals surface area contributed by atoms with Gasteiger partial charge in [0.2, 0.25) is 0 Å². The molecule has 2 aromatic carbocycles. The smallest absolute Gasteiger partial charge is 0.199 e. The number of hydrogen-bond acceptors (Lipinski definition) is 1. The fraction of sp³-hybridized carbons (Fsp3) is 0.138. The second kappa shape index (κ2) is 8.23. The van der Waals surface area contributed by atoms with E-state index in [1.54, 1.807) is 0 Å². The first-order valence-corrected chi connectivity index (χ1v) is 10.8. The van der Waals surface area contributed by atoms with Gasteiger partial charge in [-0.15, -0.1) is 0 Å². The quantitative estimate of drug-likeness (QED) is 0.545. The minimum absolute atomic E-state index is 0.884. The van der Waals surface area contributed by atoms with Crippen LogP contribution >= 0.6 is 0 Å². The van der Waals surface area contributed by atoms with Crippen molar-refractivity contribution in [1.29, 1.82) is 0 Å². The summed E-state index contributed by atoms with van der Waals surface area (Å²) in [5, 5.41) is 0. The van der Waals surface area contributed by atoms with Gasteiger partial charge in [0.25, 0.3) is 0 Å². The van der Waals surface area contributed by atoms with Gasteiger partial charge in [-0.1, -0.05) is 60.7 Å². The van der Waals surface area contributed by atoms with Crippen molar-refractivity contribution in [2.75, 3.05) is 14.1 Å². The van der Waals surface area contributed by atoms with E-state index in [2.05, 4.69) is 97.6 Å². The summed E-state index contributed by atoms with van der Waals surface area (Å²) >= 11 is 0. The number of hydrogen-bond donors (Lipinski definition) is 0. The van der Waals surface area contributed by atoms with Gasteiger partial charge in [-0.25, -0.2) is 4.58 Å². The van der Waals surface area contributed by atoms with Crippen LogP contribution in [0.25, 0.3) is 11.3 Å². The van der Waals surface area contributed by atoms with Crippen LogP contribution in [0.15, 0.2) is 120 Å². The van der Waals surface area contributed by atoms with E-state index in [1.165, 1.54) is 33.6 Å². The number of allylic oxidation sites excluding steroid dienone is 10. The number of benzene rings is 2. The zero-order valence-corrected chi connectivity index (χ0v) is 18.0. The van der Waals surface area contributed by atoms with E-state index in [-0.39, 0.29) is 0 Å². The summed E-state index contributed by atoms with van der Waals surface area (Å²) in [6.45, 7) is 0. The largest absolute Gasteiger partial charge is 0.457 e. The molecule has 2 aromatic rings. The lowest BCUT2D eigenvalue weighted by atomic mass is 9.98. The average Bonchev–Trinajstić information content (AvgIpc) is 3.22. The van der Waals surface area contributed by atoms with Crippen molar-refractivity contribution in [1.82, 2.24) is 0 Å². The zero-order valence-electron chi connectivity index (χ0n) is 18.0. The Morgan fingerprint density at radius 3 is 2.19 bits per heavy atom. The maximum Gasteiger partial charge on any atom is 0.199 e. The van der Waals surface area contributed by atoms with E-state index in [1.807, 2.05) is 18.2 Å². The van der Waals surface area contributed by atoms with Crippen molar-refractivity contribution >= 4 is 17.0 Å². The molecule has 0 amide bonds. The highest BCUT2D eigenvalue weighted by Gasteiger charge is 2.23. The molecular weight excluding hydrogens is 378 g/mol. The fourth-order valence-corrected chi connectivity index (χ4v) is 4.24. The SMILES string of the molecule is C[N+](C)=C1C=CC2=C(/C=C3/C=C(c4ccccc4)C=C(c4ccccc4)O3)CCC2=C1. The molecular formula is C29H26NO+. The second-order valence-corrected chi connectivity index (χ2v) is 8.25. The van der Waals surface area contributed by atoms with E-state index in [0.717, 1.165) is 29.9 Å². The predicted molar refractivity (Wildman–Crippen MR) is 129 cm³/mol. The molecule has 0 spiro atoms. The Bertz CT molecular complexity index is 1230. The van der Waals surface area contributed by atoms with Gasteiger partial charge in [-0.05, 0) is 65.0 Å². The summed E-state index contributed by atoms with van der Waals surface area (Å²) in [4.78, 5) is 0. The molecule has 0 fully saturated rings. The lowest BCUT2D eigenvalue weighted by Gasteiger charge is -2.19. The Balaban J connectivity index is 1.56. The van der Waals surface area contributed by atoms with E-state index >= 15 is 0 Å². The zero-order chi connectivity index (χ0) is 21.2. The first kappa shape index (κ1) is 19.3. The van der Waals surface area contributed by atoms with E-state index in [0.29, 0.717) is 0 Å². The monoisotopic (exact) mass is 404 g/mol. The van der Waals surface area contributed by atoms with Gasteiger partial charge in [0, 0.05) is 17.7 Å². The molecule has 0 radical (unpaired) electrons. The summed E-state index contributed by atoms with van der Waals surface area (Å²) in [5.74, 6) is 1.77. The lowest BCUT2D eigenvalue weighted by Crippen LogP contribution is -2.11. The molecule has 3 aliphatic rings. The summed E-state index contributed by atoms with van der Waals surface area (Å²) in [6.07, 6.45) is 15.4. The van der Waals surface area contributed by atoms with Crippen molar-refractivity contribution in [2.24, 2.45) is 0 Å². The van der Waals surface area contributed by atoms with Gasteiger partial charge in [-0.3, -0.25) is 0 Å². The van der Waals surface area contributed by atoms with Crippen molar-refractivity contribution < 1.29 is 9.31 Å². The molecule has 5 rings (SSSR count). The Morgan fingerprint density at radius 2 is 1.48 bits per heavy atom. The molecule has 1 aliphatic heterocycles. The highest BCUT2D eigenvalue weighted by atomic mass is 16.5. The first-order chi connectivity index (χ1) is 15.2. The summed E-state index contributed by atoms with van der Waals surface area (Å²) in [6, 6.07) is 20.8. The van der Waals surface area contributed by atoms with Gasteiger partial charge in [0.1, 0.15) is 25.6 Å². The minimum Gasteiger partial charge on any atom is -0.457 e. The molecule has 31 heavy (non-hydrogen) atoms. The standard InChI is InChI=1S/C29H26NO/c1-30(2)26-15-16-28-23(17-26)13-14-24(28)18-27-19-25(21-9-5-3-6-10-21)20-29(31-27)22-11-7-4-8-12-22/h3-12,15-20H,13-14H2,1-2H3/q+1/b27-18-. The van der Waals surface area contributed by atoms with Gasteiger partial charge < -0.3 is 4.74 Å². The molecule has 0 saturated heterocycles. The summed E-state index contributed by atoms with van der Waals surface area (Å²) in [7, 11) is 4.18. The third-order valence-electron chi connectivity index (χ3n) is 5.91. The van der Waals surface area contributed by atoms with Gasteiger partial charge in [0.15, 0.2) is 5.71 Å². The van der Waals surface area contributed by atoms with Crippen molar-refractivity contribution in [3.8, 4) is 0 Å². The Kier molecular flexibility index (Phi) is 5.13. The average molecular weight is 405 g/mol. The van der Waals surface area contributed by atoms with Crippen LogP contribution < -0.4 is 0 Å². The molecule has 0 unspecified atom stereocenters. The van der Waals surface area contributed by atoms with Gasteiger partial charge >= 0.3 is 0 Å². The van der Waals surface area contributed by atoms with Gasteiger partial charge in [0.05, 0.1) is 0 Å². The maximum absolute atomic E-state index is 6.38. The van der Waals surface area contributed by atoms with E-state index in [4.69, 9.17) is 4.74 Å². The Hall–Kier alpha value is -3.65. The van der Waals surface area contributed by atoms with Gasteiger partial charge in [-0.2, -0.15) is 0 Å². The van der Waals surface area contributed by atoms with E-state index < -0.39 is 0 Å². The molecule has 2 heteroatoms. The third kappa shape index (κ3) is 4.02. The van der Waals surface area contributed by atoms with E-state index in [9.17, 15) is 0 Å². The maximum atomic E-state index is 6.38. The summed E-state index contributed by atoms with van der Waals surface area (Å²) in [5.41, 5.74) is 8.79. The molecule has 2 aliphatic carbocycles. The molecule has 0 bridgehead atoms. The van der Waals surface area contributed by atoms with Crippen LogP contribution in [0.3, 0.4) is 0 Å². The molecule has 0 aromatic heterocycles. The van der Waals surface area contributed by atoms with Crippen LogP contribution in [-0.4, -0.2) is 24.4 Å². The number of fused-ring (bicyclic) bond motifs is 1. The second-order valence-electron chi connectivity index (χ2n) is 8.25. The van der Waals surface area contributed by atoms with Crippen LogP contribution in [0.4, 0.5) is 0 Å². The van der Waals surface area contributed by atoms with Crippen molar-refractivity contribution in [3.05, 3.63) is 131 Å². The first-order valence-electron chi connectivity index (χ1n) is 10.8. The minimum atomic E-state index is 0.884. The predicted octanol–water partition coefficient (Wildman–Crippen LogP) is 6.32. The van der Waals surface area contributed by atoms with Crippen molar-refractivity contribution in [2.45, 2.75) is 12.8 Å². The topological polar surface area (TPSA) is 12.2 Å². The highest BCUT2D eigenvalue weighted by molar-refractivity contribution is 6.03. The molecule has 2 nitrogen and oxygen atoms in total. The fourth-order valence-electron chi connectivity index (χ4n) is 4.24. The molecule has 0 atom stereocenters. The lowest BCUT2D eigenvalue weighted by molar-refractivity contribution is -0.462. The molecule has 152 valence electrons. The Labute approximate surface area is 184 Å². The van der Waals surface area contributed by atoms with Crippen LogP contribution in [0.2, 0.25) is 0 Å². The Morgan fingerprint density at radius 1 is 0.774 bits per heavy atom. The third-order valence-corrected chi connectivity index (χ3v) is 5.91. The van der Waals surface area contributed by atoms with Crippen LogP contribution in [0.5, 0.6) is 0 Å². The van der Waals surface area contributed by atoms with Crippen LogP contribution in [-0.2, 0) is 4.74 Å². The van der Waals surface area contributed by atoms with Crippen LogP contribution in [0, 0.1) is 0 Å². The van der Waals surface area contributed by atoms with Crippen LogP contribution in [0.1, 0.15) is 24.0 Å². The molecule has 0 saturated carbocycles. The number of ether oxygens (including phenoxy) is 1. The van der Waals surface area contributed by atoms with Crippen molar-refractivity contribution in [3.63, 3.8) is 0 Å².